The van der Waals surface area contributed by atoms with Crippen molar-refractivity contribution in [1.82, 2.24) is 14.7 Å². The molecule has 1 aliphatic heterocycles. The van der Waals surface area contributed by atoms with Gasteiger partial charge in [0.05, 0.1) is 18.8 Å². The molecule has 0 spiro atoms. The van der Waals surface area contributed by atoms with Crippen LogP contribution in [0.15, 0.2) is 12.3 Å². The van der Waals surface area contributed by atoms with Gasteiger partial charge in [0, 0.05) is 25.8 Å². The average molecular weight is 224 g/mol. The molecule has 0 aromatic carbocycles. The zero-order chi connectivity index (χ0) is 11.5. The Morgan fingerprint density at radius 3 is 2.62 bits per heavy atom. The van der Waals surface area contributed by atoms with Crippen molar-refractivity contribution in [2.75, 3.05) is 25.4 Å². The van der Waals surface area contributed by atoms with Crippen LogP contribution in [-0.2, 0) is 11.3 Å². The highest BCUT2D eigenvalue weighted by Crippen LogP contribution is 2.10. The van der Waals surface area contributed by atoms with Gasteiger partial charge in [0.15, 0.2) is 0 Å². The number of ether oxygens (including phenoxy) is 1. The SMILES string of the molecule is CC1CN(CCn2ccc(N)n2)CC(C)O1. The largest absolute Gasteiger partial charge is 0.382 e. The Hall–Kier alpha value is -1.07. The third-order valence-corrected chi connectivity index (χ3v) is 2.80. The maximum Gasteiger partial charge on any atom is 0.145 e. The summed E-state index contributed by atoms with van der Waals surface area (Å²) in [6.45, 7) is 8.13. The van der Waals surface area contributed by atoms with Crippen LogP contribution in [0.5, 0.6) is 0 Å². The molecule has 90 valence electrons. The zero-order valence-corrected chi connectivity index (χ0v) is 9.97. The lowest BCUT2D eigenvalue weighted by atomic mass is 10.2. The molecule has 2 heterocycles. The molecular weight excluding hydrogens is 204 g/mol. The van der Waals surface area contributed by atoms with E-state index in [1.54, 1.807) is 0 Å². The van der Waals surface area contributed by atoms with Gasteiger partial charge in [-0.25, -0.2) is 0 Å². The van der Waals surface area contributed by atoms with Gasteiger partial charge in [0.25, 0.3) is 0 Å². The number of hydrogen-bond acceptors (Lipinski definition) is 4. The van der Waals surface area contributed by atoms with Crippen LogP contribution < -0.4 is 5.73 Å². The maximum absolute atomic E-state index is 5.69. The first-order chi connectivity index (χ1) is 7.63. The topological polar surface area (TPSA) is 56.3 Å². The van der Waals surface area contributed by atoms with Gasteiger partial charge in [-0.05, 0) is 19.9 Å². The molecule has 0 saturated carbocycles. The highest BCUT2D eigenvalue weighted by molar-refractivity contribution is 5.23. The summed E-state index contributed by atoms with van der Waals surface area (Å²) in [5, 5.41) is 4.17. The first kappa shape index (κ1) is 11.4. The van der Waals surface area contributed by atoms with E-state index in [1.807, 2.05) is 16.9 Å². The van der Waals surface area contributed by atoms with Gasteiger partial charge in [0.2, 0.25) is 0 Å². The van der Waals surface area contributed by atoms with Crippen molar-refractivity contribution in [1.29, 1.82) is 0 Å². The lowest BCUT2D eigenvalue weighted by Crippen LogP contribution is -2.46. The molecule has 0 aliphatic carbocycles. The van der Waals surface area contributed by atoms with Gasteiger partial charge in [-0.1, -0.05) is 0 Å². The van der Waals surface area contributed by atoms with Crippen molar-refractivity contribution in [3.8, 4) is 0 Å². The molecule has 1 aromatic rings. The Balaban J connectivity index is 1.81. The number of anilines is 1. The Kier molecular flexibility index (Phi) is 3.46. The lowest BCUT2D eigenvalue weighted by molar-refractivity contribution is -0.0687. The summed E-state index contributed by atoms with van der Waals surface area (Å²) in [6, 6.07) is 1.82. The molecule has 16 heavy (non-hydrogen) atoms. The fraction of sp³-hybridized carbons (Fsp3) is 0.727. The molecule has 0 radical (unpaired) electrons. The van der Waals surface area contributed by atoms with Gasteiger partial charge in [0.1, 0.15) is 5.82 Å². The molecule has 5 nitrogen and oxygen atoms in total. The van der Waals surface area contributed by atoms with Crippen LogP contribution in [0.3, 0.4) is 0 Å². The second-order valence-corrected chi connectivity index (χ2v) is 4.52. The number of nitrogens with two attached hydrogens (primary N) is 1. The van der Waals surface area contributed by atoms with E-state index in [0.29, 0.717) is 18.0 Å². The van der Waals surface area contributed by atoms with E-state index in [1.165, 1.54) is 0 Å². The number of hydrogen-bond donors (Lipinski definition) is 1. The fourth-order valence-electron chi connectivity index (χ4n) is 2.21. The number of nitrogen functional groups attached to an aromatic ring is 1. The minimum absolute atomic E-state index is 0.325. The van der Waals surface area contributed by atoms with Gasteiger partial charge >= 0.3 is 0 Å². The van der Waals surface area contributed by atoms with Crippen molar-refractivity contribution in [3.63, 3.8) is 0 Å². The van der Waals surface area contributed by atoms with Crippen LogP contribution in [0.4, 0.5) is 5.82 Å². The van der Waals surface area contributed by atoms with E-state index in [0.717, 1.165) is 26.2 Å². The van der Waals surface area contributed by atoms with Gasteiger partial charge in [-0.2, -0.15) is 5.10 Å². The van der Waals surface area contributed by atoms with Crippen LogP contribution in [-0.4, -0.2) is 46.5 Å². The first-order valence-electron chi connectivity index (χ1n) is 5.80. The van der Waals surface area contributed by atoms with Crippen molar-refractivity contribution >= 4 is 5.82 Å². The Morgan fingerprint density at radius 1 is 1.38 bits per heavy atom. The minimum Gasteiger partial charge on any atom is -0.382 e. The molecular formula is C11H20N4O. The van der Waals surface area contributed by atoms with Crippen LogP contribution in [0, 0.1) is 0 Å². The number of aromatic nitrogens is 2. The maximum atomic E-state index is 5.69. The highest BCUT2D eigenvalue weighted by Gasteiger charge is 2.21. The van der Waals surface area contributed by atoms with E-state index in [-0.39, 0.29) is 0 Å². The summed E-state index contributed by atoms with van der Waals surface area (Å²) in [4.78, 5) is 2.41. The second kappa shape index (κ2) is 4.84. The van der Waals surface area contributed by atoms with Crippen LogP contribution >= 0.6 is 0 Å². The number of rotatable bonds is 3. The van der Waals surface area contributed by atoms with E-state index < -0.39 is 0 Å². The van der Waals surface area contributed by atoms with Crippen molar-refractivity contribution in [2.24, 2.45) is 0 Å². The standard InChI is InChI=1S/C11H20N4O/c1-9-7-14(8-10(2)16-9)5-6-15-4-3-11(12)13-15/h3-4,9-10H,5-8H2,1-2H3,(H2,12,13). The molecule has 1 aromatic heterocycles. The summed E-state index contributed by atoms with van der Waals surface area (Å²) in [7, 11) is 0. The molecule has 2 N–H and O–H groups in total. The summed E-state index contributed by atoms with van der Waals surface area (Å²) in [6.07, 6.45) is 2.57. The van der Waals surface area contributed by atoms with Crippen LogP contribution in [0.25, 0.3) is 0 Å². The quantitative estimate of drug-likeness (QED) is 0.815. The van der Waals surface area contributed by atoms with E-state index in [4.69, 9.17) is 10.5 Å². The summed E-state index contributed by atoms with van der Waals surface area (Å²) < 4.78 is 7.58. The Bertz CT molecular complexity index is 328. The molecule has 2 rings (SSSR count). The molecule has 0 amide bonds. The number of nitrogens with zero attached hydrogens (tertiary/aromatic N) is 3. The smallest absolute Gasteiger partial charge is 0.145 e. The van der Waals surface area contributed by atoms with Gasteiger partial charge in [-0.15, -0.1) is 0 Å². The fourth-order valence-corrected chi connectivity index (χ4v) is 2.21. The van der Waals surface area contributed by atoms with Gasteiger partial charge < -0.3 is 10.5 Å². The van der Waals surface area contributed by atoms with E-state index in [2.05, 4.69) is 23.8 Å². The monoisotopic (exact) mass is 224 g/mol. The van der Waals surface area contributed by atoms with Crippen molar-refractivity contribution < 1.29 is 4.74 Å². The molecule has 1 aliphatic rings. The molecule has 2 atom stereocenters. The molecule has 1 saturated heterocycles. The van der Waals surface area contributed by atoms with Crippen molar-refractivity contribution in [2.45, 2.75) is 32.6 Å². The molecule has 5 heteroatoms. The number of morpholine rings is 1. The summed E-state index contributed by atoms with van der Waals surface area (Å²) in [5.74, 6) is 0.587. The predicted molar refractivity (Wildman–Crippen MR) is 63.1 cm³/mol. The van der Waals surface area contributed by atoms with E-state index >= 15 is 0 Å². The predicted octanol–water partition coefficient (Wildman–Crippen LogP) is 0.575. The Labute approximate surface area is 96.2 Å². The van der Waals surface area contributed by atoms with Crippen LogP contribution in [0.1, 0.15) is 13.8 Å². The summed E-state index contributed by atoms with van der Waals surface area (Å²) >= 11 is 0. The third-order valence-electron chi connectivity index (χ3n) is 2.80. The Morgan fingerprint density at radius 2 is 2.06 bits per heavy atom. The molecule has 1 fully saturated rings. The lowest BCUT2D eigenvalue weighted by Gasteiger charge is -2.35. The van der Waals surface area contributed by atoms with Gasteiger partial charge in [-0.3, -0.25) is 9.58 Å². The zero-order valence-electron chi connectivity index (χ0n) is 9.97. The minimum atomic E-state index is 0.325. The second-order valence-electron chi connectivity index (χ2n) is 4.52. The first-order valence-corrected chi connectivity index (χ1v) is 5.80. The normalized spacial score (nSPS) is 27.1. The molecule has 0 bridgehead atoms. The molecule has 2 unspecified atom stereocenters. The highest BCUT2D eigenvalue weighted by atomic mass is 16.5. The third kappa shape index (κ3) is 2.96. The average Bonchev–Trinajstić information content (AvgIpc) is 2.60. The van der Waals surface area contributed by atoms with Crippen molar-refractivity contribution in [3.05, 3.63) is 12.3 Å². The van der Waals surface area contributed by atoms with Crippen LogP contribution in [0.2, 0.25) is 0 Å². The van der Waals surface area contributed by atoms with E-state index in [9.17, 15) is 0 Å². The summed E-state index contributed by atoms with van der Waals surface area (Å²) in [5.41, 5.74) is 5.57.